The number of hydrogen-bond acceptors (Lipinski definition) is 7. The third-order valence-electron chi connectivity index (χ3n) is 9.23. The van der Waals surface area contributed by atoms with Crippen molar-refractivity contribution in [2.75, 3.05) is 19.6 Å². The van der Waals surface area contributed by atoms with Crippen LogP contribution in [0.25, 0.3) is 0 Å². The first kappa shape index (κ1) is 42.3. The maximum Gasteiger partial charge on any atom is 0.336 e. The van der Waals surface area contributed by atoms with Gasteiger partial charge in [-0.3, -0.25) is 0 Å². The van der Waals surface area contributed by atoms with E-state index in [4.69, 9.17) is 0 Å². The zero-order valence-corrected chi connectivity index (χ0v) is 30.3. The van der Waals surface area contributed by atoms with E-state index in [1.165, 1.54) is 0 Å². The lowest BCUT2D eigenvalue weighted by molar-refractivity contribution is 0.0871. The summed E-state index contributed by atoms with van der Waals surface area (Å²) in [6, 6.07) is 0. The predicted molar refractivity (Wildman–Crippen MR) is 189 cm³/mol. The van der Waals surface area contributed by atoms with E-state index in [1.54, 1.807) is 0 Å². The molecule has 0 aliphatic rings. The summed E-state index contributed by atoms with van der Waals surface area (Å²) in [6.45, 7) is 13.9. The summed E-state index contributed by atoms with van der Waals surface area (Å²) in [7, 11) is 0. The second-order valence-corrected chi connectivity index (χ2v) is 13.7. The van der Waals surface area contributed by atoms with Gasteiger partial charge in [0.1, 0.15) is 0 Å². The summed E-state index contributed by atoms with van der Waals surface area (Å²) in [5.74, 6) is 0.562. The molecule has 10 nitrogen and oxygen atoms in total. The van der Waals surface area contributed by atoms with Crippen molar-refractivity contribution in [3.8, 4) is 0 Å². The molecular weight excluding hydrogens is 584 g/mol. The molecule has 1 aromatic heterocycles. The molecule has 1 heterocycles. The third kappa shape index (κ3) is 15.4. The fraction of sp³-hybridized carbons (Fsp3) is 0.917. The summed E-state index contributed by atoms with van der Waals surface area (Å²) in [6.07, 6.45) is 12.1. The molecule has 46 heavy (non-hydrogen) atoms. The number of nitrogens with zero attached hydrogens (tertiary/aromatic N) is 4. The van der Waals surface area contributed by atoms with Crippen LogP contribution in [0.3, 0.4) is 0 Å². The lowest BCUT2D eigenvalue weighted by Crippen LogP contribution is -2.57. The lowest BCUT2D eigenvalue weighted by Gasteiger charge is -2.26. The van der Waals surface area contributed by atoms with Gasteiger partial charge in [0.05, 0.1) is 37.9 Å². The standard InChI is InChI=1S/C36H70N4O6/c1-7-13-19-29(17-11-5)23-31(41)26-38-34(44)39(27-32(42)24-30(18-12-6)20-14-8-2)36(46)40(35(38)45)28-33(43)25-37(21-15-9-3)22-16-10-4/h29-33,41-43H,7-28H2,1-6H3. The average molecular weight is 655 g/mol. The summed E-state index contributed by atoms with van der Waals surface area (Å²) in [4.78, 5) is 43.3. The Labute approximate surface area is 278 Å². The second kappa shape index (κ2) is 24.4. The van der Waals surface area contributed by atoms with Gasteiger partial charge in [-0.1, -0.05) is 119 Å². The molecule has 1 aromatic rings. The van der Waals surface area contributed by atoms with Gasteiger partial charge in [-0.2, -0.15) is 0 Å². The van der Waals surface area contributed by atoms with Crippen molar-refractivity contribution >= 4 is 0 Å². The lowest BCUT2D eigenvalue weighted by atomic mass is 9.91. The van der Waals surface area contributed by atoms with Crippen LogP contribution in [0.15, 0.2) is 14.4 Å². The maximum atomic E-state index is 13.7. The quantitative estimate of drug-likeness (QED) is 0.114. The van der Waals surface area contributed by atoms with E-state index >= 15 is 0 Å². The van der Waals surface area contributed by atoms with Gasteiger partial charge in [0.25, 0.3) is 0 Å². The molecule has 270 valence electrons. The Bertz CT molecular complexity index is 1030. The van der Waals surface area contributed by atoms with Gasteiger partial charge in [0.2, 0.25) is 0 Å². The van der Waals surface area contributed by atoms with Crippen molar-refractivity contribution in [3.63, 3.8) is 0 Å². The van der Waals surface area contributed by atoms with E-state index in [0.717, 1.165) is 117 Å². The van der Waals surface area contributed by atoms with E-state index in [0.29, 0.717) is 19.4 Å². The van der Waals surface area contributed by atoms with Gasteiger partial charge in [-0.25, -0.2) is 28.1 Å². The van der Waals surface area contributed by atoms with Crippen LogP contribution in [0.4, 0.5) is 0 Å². The molecule has 0 amide bonds. The molecule has 0 aliphatic carbocycles. The molecule has 5 atom stereocenters. The minimum Gasteiger partial charge on any atom is -0.391 e. The van der Waals surface area contributed by atoms with Gasteiger partial charge < -0.3 is 20.2 Å². The normalized spacial score (nSPS) is 15.3. The van der Waals surface area contributed by atoms with Crippen molar-refractivity contribution in [2.24, 2.45) is 11.8 Å². The van der Waals surface area contributed by atoms with Crippen molar-refractivity contribution in [3.05, 3.63) is 31.5 Å². The fourth-order valence-electron chi connectivity index (χ4n) is 6.68. The first-order valence-corrected chi connectivity index (χ1v) is 18.8. The fourth-order valence-corrected chi connectivity index (χ4v) is 6.68. The molecule has 5 unspecified atom stereocenters. The Morgan fingerprint density at radius 1 is 0.500 bits per heavy atom. The highest BCUT2D eigenvalue weighted by molar-refractivity contribution is 4.84. The van der Waals surface area contributed by atoms with Gasteiger partial charge in [0, 0.05) is 6.54 Å². The SMILES string of the molecule is CCCCC(CCC)CC(O)Cn1c(=O)n(CC(O)CC(CCC)CCCC)c(=O)n(CC(O)CN(CCCC)CCCC)c1=O. The number of aromatic nitrogens is 3. The van der Waals surface area contributed by atoms with Crippen LogP contribution >= 0.6 is 0 Å². The van der Waals surface area contributed by atoms with Gasteiger partial charge in [0.15, 0.2) is 0 Å². The highest BCUT2D eigenvalue weighted by Gasteiger charge is 2.24. The summed E-state index contributed by atoms with van der Waals surface area (Å²) < 4.78 is 2.83. The largest absolute Gasteiger partial charge is 0.391 e. The van der Waals surface area contributed by atoms with E-state index in [-0.39, 0.29) is 31.5 Å². The van der Waals surface area contributed by atoms with Crippen molar-refractivity contribution in [1.29, 1.82) is 0 Å². The van der Waals surface area contributed by atoms with Crippen molar-refractivity contribution < 1.29 is 15.3 Å². The smallest absolute Gasteiger partial charge is 0.336 e. The molecular formula is C36H70N4O6. The van der Waals surface area contributed by atoms with E-state index in [9.17, 15) is 29.7 Å². The van der Waals surface area contributed by atoms with E-state index in [1.807, 2.05) is 0 Å². The highest BCUT2D eigenvalue weighted by Crippen LogP contribution is 2.22. The Hall–Kier alpha value is -1.75. The minimum atomic E-state index is -1.00. The zero-order chi connectivity index (χ0) is 34.5. The molecule has 0 spiro atoms. The molecule has 3 N–H and O–H groups in total. The molecule has 0 saturated carbocycles. The average Bonchev–Trinajstić information content (AvgIpc) is 3.02. The Balaban J connectivity index is 3.46. The second-order valence-electron chi connectivity index (χ2n) is 13.7. The molecule has 10 heteroatoms. The Morgan fingerprint density at radius 3 is 1.17 bits per heavy atom. The van der Waals surface area contributed by atoms with Crippen molar-refractivity contribution in [1.82, 2.24) is 18.6 Å². The van der Waals surface area contributed by atoms with E-state index < -0.39 is 35.4 Å². The zero-order valence-electron chi connectivity index (χ0n) is 30.3. The van der Waals surface area contributed by atoms with Crippen molar-refractivity contribution in [2.45, 2.75) is 182 Å². The predicted octanol–water partition coefficient (Wildman–Crippen LogP) is 5.15. The summed E-state index contributed by atoms with van der Waals surface area (Å²) in [5.41, 5.74) is -2.45. The van der Waals surface area contributed by atoms with Crippen LogP contribution in [0.5, 0.6) is 0 Å². The number of unbranched alkanes of at least 4 members (excludes halogenated alkanes) is 4. The van der Waals surface area contributed by atoms with Gasteiger partial charge in [-0.15, -0.1) is 0 Å². The topological polar surface area (TPSA) is 130 Å². The van der Waals surface area contributed by atoms with Crippen LogP contribution in [-0.2, 0) is 19.6 Å². The molecule has 0 saturated heterocycles. The van der Waals surface area contributed by atoms with Gasteiger partial charge >= 0.3 is 17.1 Å². The number of aliphatic hydroxyl groups is 3. The molecule has 0 fully saturated rings. The number of hydrogen-bond donors (Lipinski definition) is 3. The summed E-state index contributed by atoms with van der Waals surface area (Å²) in [5, 5.41) is 33.3. The van der Waals surface area contributed by atoms with Crippen LogP contribution in [-0.4, -0.2) is 71.9 Å². The molecule has 1 rings (SSSR count). The van der Waals surface area contributed by atoms with E-state index in [2.05, 4.69) is 46.4 Å². The Kier molecular flexibility index (Phi) is 22.4. The molecule has 0 aromatic carbocycles. The molecule has 0 radical (unpaired) electrons. The first-order chi connectivity index (χ1) is 22.1. The Morgan fingerprint density at radius 2 is 0.848 bits per heavy atom. The molecule has 0 aliphatic heterocycles. The highest BCUT2D eigenvalue weighted by atomic mass is 16.3. The van der Waals surface area contributed by atoms with Crippen LogP contribution < -0.4 is 17.1 Å². The minimum absolute atomic E-state index is 0.232. The van der Waals surface area contributed by atoms with Gasteiger partial charge in [-0.05, 0) is 50.6 Å². The summed E-state index contributed by atoms with van der Waals surface area (Å²) >= 11 is 0. The van der Waals surface area contributed by atoms with Crippen LogP contribution in [0.2, 0.25) is 0 Å². The van der Waals surface area contributed by atoms with Crippen LogP contribution in [0.1, 0.15) is 144 Å². The maximum absolute atomic E-state index is 13.7. The first-order valence-electron chi connectivity index (χ1n) is 18.8. The monoisotopic (exact) mass is 655 g/mol. The van der Waals surface area contributed by atoms with Crippen LogP contribution in [0, 0.1) is 11.8 Å². The molecule has 0 bridgehead atoms. The number of rotatable bonds is 28. The number of aliphatic hydroxyl groups excluding tert-OH is 3. The third-order valence-corrected chi connectivity index (χ3v) is 9.23.